The molecular weight excluding hydrogens is 859 g/mol. The summed E-state index contributed by atoms with van der Waals surface area (Å²) < 4.78 is 38.3. The highest BCUT2D eigenvalue weighted by atomic mass is 16.7. The molecule has 3 aliphatic heterocycles. The number of hydrogen-bond acceptors (Lipinski definition) is 15. The molecule has 0 unspecified atom stereocenters. The van der Waals surface area contributed by atoms with E-state index in [4.69, 9.17) is 28.4 Å². The molecule has 2 aromatic carbocycles. The van der Waals surface area contributed by atoms with Gasteiger partial charge in [-0.25, -0.2) is 0 Å². The third-order valence-electron chi connectivity index (χ3n) is 15.3. The molecule has 2 aromatic rings. The molecule has 15 heteroatoms. The van der Waals surface area contributed by atoms with Gasteiger partial charge >= 0.3 is 5.97 Å². The molecule has 0 spiro atoms. The maximum absolute atomic E-state index is 14.6. The molecule has 3 fully saturated rings. The van der Waals surface area contributed by atoms with E-state index in [0.717, 1.165) is 19.5 Å². The maximum Gasteiger partial charge on any atom is 0.311 e. The van der Waals surface area contributed by atoms with Crippen molar-refractivity contribution < 1.29 is 58.7 Å². The maximum atomic E-state index is 14.6. The van der Waals surface area contributed by atoms with Crippen LogP contribution in [0.15, 0.2) is 42.5 Å². The molecule has 3 aliphatic rings. The molecule has 0 radical (unpaired) electrons. The van der Waals surface area contributed by atoms with Crippen LogP contribution in [0, 0.1) is 17.8 Å². The summed E-state index contributed by atoms with van der Waals surface area (Å²) in [5.41, 5.74) is -3.27. The summed E-state index contributed by atoms with van der Waals surface area (Å²) in [6, 6.07) is 13.9. The van der Waals surface area contributed by atoms with Gasteiger partial charge in [-0.3, -0.25) is 9.69 Å². The number of rotatable bonds is 13. The van der Waals surface area contributed by atoms with E-state index in [2.05, 4.69) is 53.2 Å². The molecule has 67 heavy (non-hydrogen) atoms. The zero-order valence-corrected chi connectivity index (χ0v) is 43.0. The molecule has 5 N–H and O–H groups in total. The smallest absolute Gasteiger partial charge is 0.311 e. The minimum atomic E-state index is -1.86. The van der Waals surface area contributed by atoms with E-state index in [1.165, 1.54) is 30.4 Å². The van der Waals surface area contributed by atoms with Gasteiger partial charge in [0.05, 0.1) is 41.5 Å². The van der Waals surface area contributed by atoms with Gasteiger partial charge in [0.2, 0.25) is 0 Å². The second-order valence-corrected chi connectivity index (χ2v) is 21.5. The monoisotopic (exact) mass is 946 g/mol. The number of likely N-dealkylation sites (N-methyl/N-ethyl adjacent to an activating group) is 1. The number of ether oxygens (including phenoxy) is 6. The Hall–Kier alpha value is -2.35. The van der Waals surface area contributed by atoms with Gasteiger partial charge < -0.3 is 63.8 Å². The van der Waals surface area contributed by atoms with Crippen LogP contribution in [0.25, 0.3) is 10.8 Å². The highest BCUT2D eigenvalue weighted by molar-refractivity contribution is 5.85. The summed E-state index contributed by atoms with van der Waals surface area (Å²) >= 11 is 0. The first kappa shape index (κ1) is 55.6. The SMILES string of the molecule is CC[C@H]1OC(=O)[C@H](C)[C@@H](O[C@H]2C[C@@](C)(OC)[C@@H](O)[C@H](C)O2)[C@H](C)[C@@H](O[C@@H]2O[C@H](C)C[C@H](N(C)C)[C@H]2O)[C@](C)(O)C[C@@H](C)CN(CCCN(C)Cc2cccc3ccccc23)[C@H](C)[C@@H](O)[C@]1(C)O. The molecule has 5 rings (SSSR count). The highest BCUT2D eigenvalue weighted by Gasteiger charge is 2.53. The van der Waals surface area contributed by atoms with Crippen LogP contribution in [0.5, 0.6) is 0 Å². The Morgan fingerprint density at radius 2 is 1.55 bits per heavy atom. The number of fused-ring (bicyclic) bond motifs is 1. The molecule has 15 nitrogen and oxygen atoms in total. The van der Waals surface area contributed by atoms with Crippen molar-refractivity contribution in [1.29, 1.82) is 0 Å². The Kier molecular flexibility index (Phi) is 19.3. The molecule has 0 aliphatic carbocycles. The Balaban J connectivity index is 1.51. The number of carbonyl (C=O) groups excluding carboxylic acids is 1. The van der Waals surface area contributed by atoms with Crippen molar-refractivity contribution in [3.8, 4) is 0 Å². The lowest BCUT2D eigenvalue weighted by Gasteiger charge is -2.48. The van der Waals surface area contributed by atoms with E-state index in [-0.39, 0.29) is 37.3 Å². The van der Waals surface area contributed by atoms with E-state index in [1.807, 2.05) is 52.8 Å². The summed E-state index contributed by atoms with van der Waals surface area (Å²) in [6.45, 7) is 20.4. The van der Waals surface area contributed by atoms with Crippen molar-refractivity contribution in [2.45, 2.75) is 198 Å². The van der Waals surface area contributed by atoms with Crippen LogP contribution in [0.1, 0.15) is 107 Å². The van der Waals surface area contributed by atoms with Crippen molar-refractivity contribution >= 4 is 16.7 Å². The van der Waals surface area contributed by atoms with Crippen LogP contribution >= 0.6 is 0 Å². The van der Waals surface area contributed by atoms with Gasteiger partial charge in [0.25, 0.3) is 0 Å². The van der Waals surface area contributed by atoms with Crippen LogP contribution < -0.4 is 0 Å². The second kappa shape index (κ2) is 23.3. The normalized spacial score (nSPS) is 41.3. The highest BCUT2D eigenvalue weighted by Crippen LogP contribution is 2.40. The molecular formula is C52H87N3O12. The van der Waals surface area contributed by atoms with E-state index >= 15 is 0 Å². The summed E-state index contributed by atoms with van der Waals surface area (Å²) in [6.07, 6.45) is -7.79. The number of hydrogen-bond donors (Lipinski definition) is 5. The molecule has 0 amide bonds. The Morgan fingerprint density at radius 1 is 0.881 bits per heavy atom. The van der Waals surface area contributed by atoms with Gasteiger partial charge in [-0.15, -0.1) is 0 Å². The third kappa shape index (κ3) is 13.1. The summed E-state index contributed by atoms with van der Waals surface area (Å²) in [5, 5.41) is 62.7. The van der Waals surface area contributed by atoms with E-state index in [1.54, 1.807) is 34.6 Å². The number of carbonyl (C=O) groups is 1. The van der Waals surface area contributed by atoms with Crippen molar-refractivity contribution in [2.24, 2.45) is 17.8 Å². The van der Waals surface area contributed by atoms with Crippen molar-refractivity contribution in [3.63, 3.8) is 0 Å². The van der Waals surface area contributed by atoms with Gasteiger partial charge in [0.15, 0.2) is 12.6 Å². The molecule has 0 aromatic heterocycles. The Labute approximate surface area is 401 Å². The van der Waals surface area contributed by atoms with Crippen molar-refractivity contribution in [1.82, 2.24) is 14.7 Å². The molecule has 382 valence electrons. The molecule has 3 saturated heterocycles. The first-order chi connectivity index (χ1) is 31.3. The van der Waals surface area contributed by atoms with Crippen LogP contribution in [0.4, 0.5) is 0 Å². The Morgan fingerprint density at radius 3 is 2.21 bits per heavy atom. The number of methoxy groups -OCH3 is 1. The van der Waals surface area contributed by atoms with E-state index in [9.17, 15) is 30.3 Å². The summed E-state index contributed by atoms with van der Waals surface area (Å²) in [5.74, 6) is -2.70. The van der Waals surface area contributed by atoms with Gasteiger partial charge in [-0.1, -0.05) is 63.2 Å². The first-order valence-corrected chi connectivity index (χ1v) is 24.8. The van der Waals surface area contributed by atoms with Crippen molar-refractivity contribution in [2.75, 3.05) is 47.9 Å². The lowest BCUT2D eigenvalue weighted by molar-refractivity contribution is -0.318. The van der Waals surface area contributed by atoms with Gasteiger partial charge in [-0.2, -0.15) is 0 Å². The van der Waals surface area contributed by atoms with Crippen LogP contribution in [0.2, 0.25) is 0 Å². The average Bonchev–Trinajstić information content (AvgIpc) is 3.27. The zero-order chi connectivity index (χ0) is 49.8. The van der Waals surface area contributed by atoms with Gasteiger partial charge in [-0.05, 0) is 131 Å². The molecule has 0 saturated carbocycles. The van der Waals surface area contributed by atoms with E-state index < -0.39 is 96.0 Å². The fourth-order valence-corrected chi connectivity index (χ4v) is 11.2. The second-order valence-electron chi connectivity index (χ2n) is 21.5. The minimum absolute atomic E-state index is 0.122. The minimum Gasteiger partial charge on any atom is -0.459 e. The fraction of sp³-hybridized carbons (Fsp3) is 0.788. The zero-order valence-electron chi connectivity index (χ0n) is 43.0. The first-order valence-electron chi connectivity index (χ1n) is 24.8. The van der Waals surface area contributed by atoms with Crippen LogP contribution in [-0.4, -0.2) is 184 Å². The van der Waals surface area contributed by atoms with Crippen molar-refractivity contribution in [3.05, 3.63) is 48.0 Å². The fourth-order valence-electron chi connectivity index (χ4n) is 11.2. The number of nitrogens with zero attached hydrogens (tertiary/aromatic N) is 3. The predicted molar refractivity (Wildman–Crippen MR) is 258 cm³/mol. The number of cyclic esters (lactones) is 1. The number of esters is 1. The number of aliphatic hydroxyl groups is 5. The summed E-state index contributed by atoms with van der Waals surface area (Å²) in [7, 11) is 7.41. The standard InChI is InChI=1S/C52H87N3O12/c1-15-41-52(10,61)45(57)35(6)55(25-19-24-54(13)30-38-22-18-21-37-20-16-17-23-39(37)38)29-31(2)27-50(8,60)47(67-49-43(56)40(53(11)12)26-32(3)63-49)33(4)44(34(5)48(59)65-41)66-42-28-51(9,62-14)46(58)36(7)64-42/h16-18,20-23,31-36,40-47,49,56-58,60-61H,15,19,24-30H2,1-14H3/t31-,32-,33+,34-,35-,36+,40+,41-,42+,43-,44+,45-,46+,47-,49+,50-,51-,52-/m1/s1. The van der Waals surface area contributed by atoms with Gasteiger partial charge in [0.1, 0.15) is 30.0 Å². The average molecular weight is 946 g/mol. The lowest BCUT2D eigenvalue weighted by atomic mass is 9.77. The summed E-state index contributed by atoms with van der Waals surface area (Å²) in [4.78, 5) is 21.0. The molecule has 3 heterocycles. The number of aliphatic hydroxyl groups excluding tert-OH is 3. The third-order valence-corrected chi connectivity index (χ3v) is 15.3. The molecule has 18 atom stereocenters. The van der Waals surface area contributed by atoms with Crippen LogP contribution in [-0.2, 0) is 39.8 Å². The van der Waals surface area contributed by atoms with E-state index in [0.29, 0.717) is 19.5 Å². The van der Waals surface area contributed by atoms with Crippen LogP contribution in [0.3, 0.4) is 0 Å². The van der Waals surface area contributed by atoms with Gasteiger partial charge in [0, 0.05) is 44.6 Å². The molecule has 0 bridgehead atoms. The predicted octanol–water partition coefficient (Wildman–Crippen LogP) is 4.95. The number of benzene rings is 2. The lowest BCUT2D eigenvalue weighted by Crippen LogP contribution is -2.60. The Bertz CT molecular complexity index is 1860. The quantitative estimate of drug-likeness (QED) is 0.170. The topological polar surface area (TPSA) is 183 Å². The largest absolute Gasteiger partial charge is 0.459 e.